The summed E-state index contributed by atoms with van der Waals surface area (Å²) in [6.45, 7) is 4.61. The van der Waals surface area contributed by atoms with Gasteiger partial charge in [-0.25, -0.2) is 0 Å². The number of aryl methyl sites for hydroxylation is 1. The minimum Gasteiger partial charge on any atom is -0.348 e. The van der Waals surface area contributed by atoms with Crippen molar-refractivity contribution in [3.63, 3.8) is 0 Å². The number of piperazine rings is 1. The Morgan fingerprint density at radius 3 is 2.62 bits per heavy atom. The van der Waals surface area contributed by atoms with Crippen LogP contribution in [-0.4, -0.2) is 56.8 Å². The molecule has 4 rings (SSSR count). The standard InChI is InChI=1S/C19H21N5OS/c1-22-13-16(12-20-22)14-23-7-9-24(10-8-23)19-21-18(25)17(26-19)11-15-5-3-2-4-6-15/h2-6,11-13H,7-10,14H2,1H3. The Kier molecular flexibility index (Phi) is 4.90. The Morgan fingerprint density at radius 1 is 1.15 bits per heavy atom. The van der Waals surface area contributed by atoms with E-state index < -0.39 is 0 Å². The molecule has 7 heteroatoms. The molecule has 0 bridgehead atoms. The van der Waals surface area contributed by atoms with Crippen LogP contribution >= 0.6 is 11.8 Å². The van der Waals surface area contributed by atoms with E-state index in [2.05, 4.69) is 26.1 Å². The van der Waals surface area contributed by atoms with E-state index in [4.69, 9.17) is 0 Å². The third kappa shape index (κ3) is 3.89. The molecule has 1 fully saturated rings. The summed E-state index contributed by atoms with van der Waals surface area (Å²) >= 11 is 1.48. The molecule has 3 heterocycles. The average molecular weight is 367 g/mol. The topological polar surface area (TPSA) is 53.7 Å². The van der Waals surface area contributed by atoms with Crippen LogP contribution in [0.2, 0.25) is 0 Å². The van der Waals surface area contributed by atoms with Crippen LogP contribution in [0.3, 0.4) is 0 Å². The third-order valence-corrected chi connectivity index (χ3v) is 5.56. The molecule has 0 unspecified atom stereocenters. The van der Waals surface area contributed by atoms with Crippen molar-refractivity contribution in [3.05, 3.63) is 58.8 Å². The lowest BCUT2D eigenvalue weighted by Gasteiger charge is -2.35. The highest BCUT2D eigenvalue weighted by Crippen LogP contribution is 2.30. The van der Waals surface area contributed by atoms with Crippen LogP contribution in [0.1, 0.15) is 11.1 Å². The Labute approximate surface area is 157 Å². The number of thioether (sulfide) groups is 1. The first-order chi connectivity index (χ1) is 12.7. The fraction of sp³-hybridized carbons (Fsp3) is 0.316. The first-order valence-corrected chi connectivity index (χ1v) is 9.51. The van der Waals surface area contributed by atoms with Gasteiger partial charge < -0.3 is 4.90 Å². The molecule has 2 aromatic rings. The number of carbonyl (C=O) groups is 1. The minimum absolute atomic E-state index is 0.133. The summed E-state index contributed by atoms with van der Waals surface area (Å²) in [5.41, 5.74) is 2.26. The maximum Gasteiger partial charge on any atom is 0.286 e. The van der Waals surface area contributed by atoms with Crippen molar-refractivity contribution in [2.24, 2.45) is 12.0 Å². The molecular weight excluding hydrogens is 346 g/mol. The van der Waals surface area contributed by atoms with Gasteiger partial charge in [0.25, 0.3) is 5.91 Å². The van der Waals surface area contributed by atoms with Crippen molar-refractivity contribution >= 4 is 28.9 Å². The van der Waals surface area contributed by atoms with E-state index in [1.54, 1.807) is 0 Å². The average Bonchev–Trinajstić information content (AvgIpc) is 3.22. The van der Waals surface area contributed by atoms with Crippen molar-refractivity contribution in [1.29, 1.82) is 0 Å². The van der Waals surface area contributed by atoms with Gasteiger partial charge in [0.2, 0.25) is 0 Å². The predicted octanol–water partition coefficient (Wildman–Crippen LogP) is 2.21. The van der Waals surface area contributed by atoms with Crippen LogP contribution in [-0.2, 0) is 18.4 Å². The molecule has 0 saturated carbocycles. The largest absolute Gasteiger partial charge is 0.348 e. The molecule has 134 valence electrons. The number of nitrogens with zero attached hydrogens (tertiary/aromatic N) is 5. The minimum atomic E-state index is -0.133. The number of carbonyl (C=O) groups excluding carboxylic acids is 1. The van der Waals surface area contributed by atoms with Gasteiger partial charge in [-0.3, -0.25) is 14.4 Å². The van der Waals surface area contributed by atoms with Crippen molar-refractivity contribution < 1.29 is 4.79 Å². The quantitative estimate of drug-likeness (QED) is 0.779. The summed E-state index contributed by atoms with van der Waals surface area (Å²) in [6, 6.07) is 9.91. The highest BCUT2D eigenvalue weighted by Gasteiger charge is 2.28. The summed E-state index contributed by atoms with van der Waals surface area (Å²) in [5.74, 6) is -0.133. The van der Waals surface area contributed by atoms with Gasteiger partial charge in [-0.2, -0.15) is 10.1 Å². The van der Waals surface area contributed by atoms with Gasteiger partial charge in [0.1, 0.15) is 0 Å². The van der Waals surface area contributed by atoms with E-state index in [-0.39, 0.29) is 5.91 Å². The van der Waals surface area contributed by atoms with E-state index in [9.17, 15) is 4.79 Å². The molecule has 2 aliphatic rings. The predicted molar refractivity (Wildman–Crippen MR) is 105 cm³/mol. The van der Waals surface area contributed by atoms with Gasteiger partial charge in [-0.15, -0.1) is 0 Å². The van der Waals surface area contributed by atoms with Crippen molar-refractivity contribution in [2.45, 2.75) is 6.54 Å². The van der Waals surface area contributed by atoms with Gasteiger partial charge in [-0.05, 0) is 23.4 Å². The summed E-state index contributed by atoms with van der Waals surface area (Å²) in [4.78, 5) is 21.8. The number of amides is 1. The molecule has 26 heavy (non-hydrogen) atoms. The molecule has 0 spiro atoms. The monoisotopic (exact) mass is 367 g/mol. The first kappa shape index (κ1) is 17.1. The third-order valence-electron chi connectivity index (χ3n) is 4.51. The van der Waals surface area contributed by atoms with E-state index in [0.29, 0.717) is 4.91 Å². The van der Waals surface area contributed by atoms with Crippen molar-refractivity contribution in [1.82, 2.24) is 19.6 Å². The second-order valence-corrected chi connectivity index (χ2v) is 7.52. The van der Waals surface area contributed by atoms with E-state index >= 15 is 0 Å². The molecule has 2 aliphatic heterocycles. The summed E-state index contributed by atoms with van der Waals surface area (Å²) in [6.07, 6.45) is 5.90. The highest BCUT2D eigenvalue weighted by atomic mass is 32.2. The zero-order chi connectivity index (χ0) is 17.9. The molecule has 1 amide bonds. The number of amidine groups is 1. The van der Waals surface area contributed by atoms with E-state index in [0.717, 1.165) is 43.5 Å². The number of hydrogen-bond donors (Lipinski definition) is 0. The molecule has 1 aromatic heterocycles. The van der Waals surface area contributed by atoms with Gasteiger partial charge in [0.15, 0.2) is 5.17 Å². The fourth-order valence-electron chi connectivity index (χ4n) is 3.14. The number of benzene rings is 1. The summed E-state index contributed by atoms with van der Waals surface area (Å²) in [5, 5.41) is 5.06. The zero-order valence-electron chi connectivity index (χ0n) is 14.7. The second kappa shape index (κ2) is 7.47. The van der Waals surface area contributed by atoms with E-state index in [1.165, 1.54) is 17.3 Å². The number of aliphatic imine (C=N–C) groups is 1. The van der Waals surface area contributed by atoms with Crippen molar-refractivity contribution in [2.75, 3.05) is 26.2 Å². The van der Waals surface area contributed by atoms with Crippen LogP contribution in [0.5, 0.6) is 0 Å². The van der Waals surface area contributed by atoms with Gasteiger partial charge in [-0.1, -0.05) is 30.3 Å². The van der Waals surface area contributed by atoms with Crippen LogP contribution in [0, 0.1) is 0 Å². The molecule has 0 atom stereocenters. The number of rotatable bonds is 3. The van der Waals surface area contributed by atoms with Gasteiger partial charge in [0.05, 0.1) is 11.1 Å². The van der Waals surface area contributed by atoms with Crippen molar-refractivity contribution in [3.8, 4) is 0 Å². The zero-order valence-corrected chi connectivity index (χ0v) is 15.5. The molecule has 6 nitrogen and oxygen atoms in total. The Hall–Kier alpha value is -2.38. The smallest absolute Gasteiger partial charge is 0.286 e. The Morgan fingerprint density at radius 2 is 1.92 bits per heavy atom. The summed E-state index contributed by atoms with van der Waals surface area (Å²) in [7, 11) is 1.94. The molecular formula is C19H21N5OS. The maximum absolute atomic E-state index is 12.2. The fourth-order valence-corrected chi connectivity index (χ4v) is 4.11. The Bertz CT molecular complexity index is 850. The van der Waals surface area contributed by atoms with Crippen LogP contribution in [0.25, 0.3) is 6.08 Å². The molecule has 0 N–H and O–H groups in total. The number of aromatic nitrogens is 2. The normalized spacial score (nSPS) is 20.0. The molecule has 1 saturated heterocycles. The molecule has 0 aliphatic carbocycles. The maximum atomic E-state index is 12.2. The molecule has 1 aromatic carbocycles. The lowest BCUT2D eigenvalue weighted by atomic mass is 10.2. The lowest BCUT2D eigenvalue weighted by Crippen LogP contribution is -2.47. The van der Waals surface area contributed by atoms with Crippen LogP contribution in [0.15, 0.2) is 52.6 Å². The highest BCUT2D eigenvalue weighted by molar-refractivity contribution is 8.18. The van der Waals surface area contributed by atoms with Gasteiger partial charge >= 0.3 is 0 Å². The first-order valence-electron chi connectivity index (χ1n) is 8.70. The van der Waals surface area contributed by atoms with Crippen LogP contribution in [0.4, 0.5) is 0 Å². The van der Waals surface area contributed by atoms with Gasteiger partial charge in [0, 0.05) is 51.5 Å². The number of hydrogen-bond acceptors (Lipinski definition) is 5. The second-order valence-electron chi connectivity index (χ2n) is 6.51. The van der Waals surface area contributed by atoms with Crippen LogP contribution < -0.4 is 0 Å². The Balaban J connectivity index is 1.34. The molecule has 0 radical (unpaired) electrons. The summed E-state index contributed by atoms with van der Waals surface area (Å²) < 4.78 is 1.84. The SMILES string of the molecule is Cn1cc(CN2CCN(C3=NC(=O)C(=Cc4ccccc4)S3)CC2)cn1. The lowest BCUT2D eigenvalue weighted by molar-refractivity contribution is -0.113. The van der Waals surface area contributed by atoms with E-state index in [1.807, 2.05) is 54.3 Å².